The third kappa shape index (κ3) is 4.65. The lowest BCUT2D eigenvalue weighted by Crippen LogP contribution is -2.47. The number of nitrogens with zero attached hydrogens (tertiary/aromatic N) is 2. The van der Waals surface area contributed by atoms with E-state index in [9.17, 15) is 14.9 Å². The zero-order valence-electron chi connectivity index (χ0n) is 13.3. The third-order valence-corrected chi connectivity index (χ3v) is 4.48. The topological polar surface area (TPSA) is 75.5 Å². The Hall–Kier alpha value is -1.66. The monoisotopic (exact) mass is 339 g/mol. The van der Waals surface area contributed by atoms with Gasteiger partial charge in [-0.1, -0.05) is 24.6 Å². The lowest BCUT2D eigenvalue weighted by Gasteiger charge is -2.34. The molecule has 0 aromatic heterocycles. The van der Waals surface area contributed by atoms with Crippen molar-refractivity contribution in [3.63, 3.8) is 0 Å². The van der Waals surface area contributed by atoms with E-state index in [4.69, 9.17) is 11.6 Å². The Balaban J connectivity index is 2.10. The van der Waals surface area contributed by atoms with Crippen LogP contribution in [0.4, 0.5) is 5.69 Å². The number of nitro benzene ring substituents is 1. The molecule has 1 aromatic carbocycles. The fraction of sp³-hybridized carbons (Fsp3) is 0.562. The number of benzene rings is 1. The van der Waals surface area contributed by atoms with Gasteiger partial charge in [0, 0.05) is 24.7 Å². The fourth-order valence-electron chi connectivity index (χ4n) is 2.93. The quantitative estimate of drug-likeness (QED) is 0.638. The highest BCUT2D eigenvalue weighted by molar-refractivity contribution is 6.31. The maximum absolute atomic E-state index is 12.7. The Kier molecular flexibility index (Phi) is 6.36. The summed E-state index contributed by atoms with van der Waals surface area (Å²) in [6.45, 7) is 4.64. The van der Waals surface area contributed by atoms with Crippen molar-refractivity contribution in [2.45, 2.75) is 38.6 Å². The SMILES string of the molecule is CCCN(C(=O)Cc1ccc([N+](=O)[O-])cc1Cl)C1CCNCC1. The summed E-state index contributed by atoms with van der Waals surface area (Å²) in [6, 6.07) is 4.54. The largest absolute Gasteiger partial charge is 0.339 e. The summed E-state index contributed by atoms with van der Waals surface area (Å²) in [4.78, 5) is 24.9. The van der Waals surface area contributed by atoms with Crippen LogP contribution in [-0.4, -0.2) is 41.4 Å². The van der Waals surface area contributed by atoms with E-state index >= 15 is 0 Å². The maximum atomic E-state index is 12.7. The number of carbonyl (C=O) groups excluding carboxylic acids is 1. The molecule has 0 bridgehead atoms. The van der Waals surface area contributed by atoms with Gasteiger partial charge < -0.3 is 10.2 Å². The molecular weight excluding hydrogens is 318 g/mol. The van der Waals surface area contributed by atoms with Crippen LogP contribution in [0.3, 0.4) is 0 Å². The van der Waals surface area contributed by atoms with E-state index in [0.717, 1.165) is 38.9 Å². The molecule has 6 nitrogen and oxygen atoms in total. The summed E-state index contributed by atoms with van der Waals surface area (Å²) < 4.78 is 0. The minimum Gasteiger partial charge on any atom is -0.339 e. The van der Waals surface area contributed by atoms with Gasteiger partial charge in [-0.3, -0.25) is 14.9 Å². The normalized spacial score (nSPS) is 15.4. The second kappa shape index (κ2) is 8.26. The number of rotatable bonds is 6. The van der Waals surface area contributed by atoms with Gasteiger partial charge in [0.1, 0.15) is 0 Å². The first-order valence-electron chi connectivity index (χ1n) is 7.96. The van der Waals surface area contributed by atoms with Gasteiger partial charge in [0.05, 0.1) is 16.4 Å². The Bertz CT molecular complexity index is 574. The van der Waals surface area contributed by atoms with E-state index in [-0.39, 0.29) is 29.1 Å². The van der Waals surface area contributed by atoms with Crippen LogP contribution in [0.2, 0.25) is 5.02 Å². The lowest BCUT2D eigenvalue weighted by molar-refractivity contribution is -0.384. The van der Waals surface area contributed by atoms with Gasteiger partial charge in [-0.25, -0.2) is 0 Å². The van der Waals surface area contributed by atoms with E-state index in [1.165, 1.54) is 12.1 Å². The first kappa shape index (κ1) is 17.7. The van der Waals surface area contributed by atoms with E-state index in [1.54, 1.807) is 6.07 Å². The van der Waals surface area contributed by atoms with Crippen molar-refractivity contribution in [1.82, 2.24) is 10.2 Å². The standard InChI is InChI=1S/C16H22ClN3O3/c1-2-9-19(13-5-7-18-8-6-13)16(21)10-12-3-4-14(20(22)23)11-15(12)17/h3-4,11,13,18H,2,5-10H2,1H3. The summed E-state index contributed by atoms with van der Waals surface area (Å²) >= 11 is 6.10. The van der Waals surface area contributed by atoms with Crippen molar-refractivity contribution < 1.29 is 9.72 Å². The number of carbonyl (C=O) groups is 1. The second-order valence-corrected chi connectivity index (χ2v) is 6.19. The summed E-state index contributed by atoms with van der Waals surface area (Å²) in [5.41, 5.74) is 0.576. The van der Waals surface area contributed by atoms with Crippen LogP contribution in [0.1, 0.15) is 31.7 Å². The van der Waals surface area contributed by atoms with Gasteiger partial charge >= 0.3 is 0 Å². The first-order chi connectivity index (χ1) is 11.0. The number of nitro groups is 1. The molecule has 23 heavy (non-hydrogen) atoms. The average molecular weight is 340 g/mol. The minimum absolute atomic E-state index is 0.0366. The zero-order chi connectivity index (χ0) is 16.8. The Morgan fingerprint density at radius 3 is 2.70 bits per heavy atom. The van der Waals surface area contributed by atoms with Crippen LogP contribution in [0, 0.1) is 10.1 Å². The molecule has 0 saturated carbocycles. The number of amides is 1. The van der Waals surface area contributed by atoms with Crippen LogP contribution >= 0.6 is 11.6 Å². The van der Waals surface area contributed by atoms with Crippen LogP contribution in [0.5, 0.6) is 0 Å². The van der Waals surface area contributed by atoms with Crippen molar-refractivity contribution in [3.05, 3.63) is 38.9 Å². The predicted octanol–water partition coefficient (Wildman–Crippen LogP) is 2.78. The molecule has 7 heteroatoms. The van der Waals surface area contributed by atoms with E-state index < -0.39 is 4.92 Å². The van der Waals surface area contributed by atoms with E-state index in [0.29, 0.717) is 5.56 Å². The van der Waals surface area contributed by atoms with Crippen LogP contribution < -0.4 is 5.32 Å². The molecule has 0 unspecified atom stereocenters. The highest BCUT2D eigenvalue weighted by Gasteiger charge is 2.25. The van der Waals surface area contributed by atoms with Gasteiger partial charge in [-0.05, 0) is 37.9 Å². The number of hydrogen-bond donors (Lipinski definition) is 1. The summed E-state index contributed by atoms with van der Waals surface area (Å²) in [6.07, 6.45) is 3.00. The highest BCUT2D eigenvalue weighted by Crippen LogP contribution is 2.24. The fourth-order valence-corrected chi connectivity index (χ4v) is 3.17. The molecule has 1 heterocycles. The first-order valence-corrected chi connectivity index (χ1v) is 8.33. The van der Waals surface area contributed by atoms with Crippen molar-refractivity contribution in [2.75, 3.05) is 19.6 Å². The predicted molar refractivity (Wildman–Crippen MR) is 89.7 cm³/mol. The van der Waals surface area contributed by atoms with Crippen molar-refractivity contribution in [2.24, 2.45) is 0 Å². The van der Waals surface area contributed by atoms with Crippen LogP contribution in [0.25, 0.3) is 0 Å². The Labute approximate surface area is 141 Å². The highest BCUT2D eigenvalue weighted by atomic mass is 35.5. The summed E-state index contributed by atoms with van der Waals surface area (Å²) in [5.74, 6) is 0.0366. The number of piperidine rings is 1. The molecule has 0 aliphatic carbocycles. The number of non-ortho nitro benzene ring substituents is 1. The molecule has 1 aliphatic rings. The maximum Gasteiger partial charge on any atom is 0.270 e. The minimum atomic E-state index is -0.490. The van der Waals surface area contributed by atoms with Gasteiger partial charge in [-0.15, -0.1) is 0 Å². The van der Waals surface area contributed by atoms with Crippen LogP contribution in [0.15, 0.2) is 18.2 Å². The van der Waals surface area contributed by atoms with Gasteiger partial charge in [0.25, 0.3) is 5.69 Å². The number of hydrogen-bond acceptors (Lipinski definition) is 4. The van der Waals surface area contributed by atoms with Crippen LogP contribution in [-0.2, 0) is 11.2 Å². The van der Waals surface area contributed by atoms with E-state index in [1.807, 2.05) is 4.90 Å². The molecule has 1 saturated heterocycles. The molecule has 126 valence electrons. The van der Waals surface area contributed by atoms with E-state index in [2.05, 4.69) is 12.2 Å². The van der Waals surface area contributed by atoms with Crippen molar-refractivity contribution >= 4 is 23.2 Å². The average Bonchev–Trinajstić information content (AvgIpc) is 2.55. The third-order valence-electron chi connectivity index (χ3n) is 4.12. The zero-order valence-corrected chi connectivity index (χ0v) is 14.0. The molecule has 1 N–H and O–H groups in total. The molecule has 0 atom stereocenters. The second-order valence-electron chi connectivity index (χ2n) is 5.78. The number of halogens is 1. The lowest BCUT2D eigenvalue weighted by atomic mass is 10.0. The number of nitrogens with one attached hydrogen (secondary N) is 1. The molecule has 1 aliphatic heterocycles. The Morgan fingerprint density at radius 1 is 1.43 bits per heavy atom. The summed E-state index contributed by atoms with van der Waals surface area (Å²) in [7, 11) is 0. The Morgan fingerprint density at radius 2 is 2.13 bits per heavy atom. The van der Waals surface area contributed by atoms with Gasteiger partial charge in [0.2, 0.25) is 5.91 Å². The van der Waals surface area contributed by atoms with Crippen molar-refractivity contribution in [1.29, 1.82) is 0 Å². The molecule has 1 amide bonds. The molecule has 1 fully saturated rings. The smallest absolute Gasteiger partial charge is 0.270 e. The molecule has 1 aromatic rings. The van der Waals surface area contributed by atoms with Gasteiger partial charge in [-0.2, -0.15) is 0 Å². The molecular formula is C16H22ClN3O3. The summed E-state index contributed by atoms with van der Waals surface area (Å²) in [5, 5.41) is 14.3. The van der Waals surface area contributed by atoms with Crippen molar-refractivity contribution in [3.8, 4) is 0 Å². The molecule has 0 spiro atoms. The molecule has 2 rings (SSSR count). The molecule has 0 radical (unpaired) electrons. The van der Waals surface area contributed by atoms with Gasteiger partial charge in [0.15, 0.2) is 0 Å².